The number of amides is 2. The van der Waals surface area contributed by atoms with Crippen molar-refractivity contribution in [3.8, 4) is 0 Å². The van der Waals surface area contributed by atoms with Gasteiger partial charge < -0.3 is 16.0 Å². The number of rotatable bonds is 7. The van der Waals surface area contributed by atoms with E-state index in [1.165, 1.54) is 0 Å². The van der Waals surface area contributed by atoms with Crippen molar-refractivity contribution in [2.45, 2.75) is 33.1 Å². The Morgan fingerprint density at radius 2 is 2.17 bits per heavy atom. The van der Waals surface area contributed by atoms with Gasteiger partial charge >= 0.3 is 0 Å². The lowest BCUT2D eigenvalue weighted by molar-refractivity contribution is -0.135. The van der Waals surface area contributed by atoms with Gasteiger partial charge in [0.15, 0.2) is 0 Å². The van der Waals surface area contributed by atoms with Gasteiger partial charge in [-0.05, 0) is 37.8 Å². The molecule has 0 bridgehead atoms. The lowest BCUT2D eigenvalue weighted by Crippen LogP contribution is -2.40. The summed E-state index contributed by atoms with van der Waals surface area (Å²) in [5.74, 6) is 0.561. The van der Waals surface area contributed by atoms with E-state index in [2.05, 4.69) is 5.32 Å². The second kappa shape index (κ2) is 7.36. The van der Waals surface area contributed by atoms with Gasteiger partial charge in [0.2, 0.25) is 11.8 Å². The van der Waals surface area contributed by atoms with Gasteiger partial charge in [-0.2, -0.15) is 0 Å². The van der Waals surface area contributed by atoms with Crippen molar-refractivity contribution in [2.75, 3.05) is 26.2 Å². The lowest BCUT2D eigenvalue weighted by Gasteiger charge is -2.23. The summed E-state index contributed by atoms with van der Waals surface area (Å²) in [6.07, 6.45) is 2.57. The summed E-state index contributed by atoms with van der Waals surface area (Å²) in [6, 6.07) is 0. The summed E-state index contributed by atoms with van der Waals surface area (Å²) in [5, 5.41) is 3.29. The van der Waals surface area contributed by atoms with E-state index in [1.807, 2.05) is 13.8 Å². The highest BCUT2D eigenvalue weighted by Gasteiger charge is 2.20. The van der Waals surface area contributed by atoms with E-state index in [9.17, 15) is 9.59 Å². The summed E-state index contributed by atoms with van der Waals surface area (Å²) in [7, 11) is 0. The summed E-state index contributed by atoms with van der Waals surface area (Å²) in [6.45, 7) is 6.76. The van der Waals surface area contributed by atoms with Crippen molar-refractivity contribution < 1.29 is 9.59 Å². The molecule has 0 aromatic rings. The quantitative estimate of drug-likeness (QED) is 0.689. The van der Waals surface area contributed by atoms with E-state index in [1.54, 1.807) is 4.90 Å². The molecule has 0 aromatic carbocycles. The second-order valence-corrected chi connectivity index (χ2v) is 5.53. The number of hydrogen-bond acceptors (Lipinski definition) is 3. The topological polar surface area (TPSA) is 75.4 Å². The van der Waals surface area contributed by atoms with Crippen molar-refractivity contribution >= 4 is 11.8 Å². The number of nitrogens with two attached hydrogens (primary N) is 1. The predicted octanol–water partition coefficient (Wildman–Crippen LogP) is 0.346. The average Bonchev–Trinajstić information content (AvgIpc) is 2.76. The van der Waals surface area contributed by atoms with Crippen LogP contribution in [0.5, 0.6) is 0 Å². The summed E-state index contributed by atoms with van der Waals surface area (Å²) < 4.78 is 0. The molecule has 0 saturated carbocycles. The van der Waals surface area contributed by atoms with E-state index in [0.717, 1.165) is 25.9 Å². The molecule has 104 valence electrons. The molecule has 0 aromatic heterocycles. The van der Waals surface area contributed by atoms with Crippen LogP contribution in [0, 0.1) is 11.8 Å². The Labute approximate surface area is 109 Å². The fraction of sp³-hybridized carbons (Fsp3) is 0.846. The first-order chi connectivity index (χ1) is 8.49. The van der Waals surface area contributed by atoms with E-state index in [0.29, 0.717) is 24.8 Å². The van der Waals surface area contributed by atoms with Crippen molar-refractivity contribution in [3.63, 3.8) is 0 Å². The first-order valence-corrected chi connectivity index (χ1v) is 6.75. The van der Waals surface area contributed by atoms with E-state index < -0.39 is 5.91 Å². The fourth-order valence-electron chi connectivity index (χ4n) is 2.33. The predicted molar refractivity (Wildman–Crippen MR) is 70.8 cm³/mol. The van der Waals surface area contributed by atoms with Crippen LogP contribution in [-0.4, -0.2) is 42.9 Å². The number of nitrogens with zero attached hydrogens (tertiary/aromatic N) is 1. The zero-order valence-electron chi connectivity index (χ0n) is 11.4. The largest absolute Gasteiger partial charge is 0.368 e. The van der Waals surface area contributed by atoms with Gasteiger partial charge in [-0.1, -0.05) is 13.8 Å². The molecule has 1 saturated heterocycles. The number of carbonyl (C=O) groups excluding carboxylic acids is 2. The van der Waals surface area contributed by atoms with Crippen LogP contribution >= 0.6 is 0 Å². The van der Waals surface area contributed by atoms with Crippen molar-refractivity contribution in [2.24, 2.45) is 17.6 Å². The molecule has 1 fully saturated rings. The molecular formula is C13H25N3O2. The third kappa shape index (κ3) is 5.49. The number of hydrogen-bond donors (Lipinski definition) is 2. The van der Waals surface area contributed by atoms with Gasteiger partial charge in [0.1, 0.15) is 0 Å². The van der Waals surface area contributed by atoms with Gasteiger partial charge in [0.05, 0.1) is 6.54 Å². The molecule has 0 radical (unpaired) electrons. The molecular weight excluding hydrogens is 230 g/mol. The van der Waals surface area contributed by atoms with Gasteiger partial charge in [-0.3, -0.25) is 9.59 Å². The fourth-order valence-corrected chi connectivity index (χ4v) is 2.33. The van der Waals surface area contributed by atoms with Crippen LogP contribution in [0.15, 0.2) is 0 Å². The van der Waals surface area contributed by atoms with Gasteiger partial charge in [-0.15, -0.1) is 0 Å². The summed E-state index contributed by atoms with van der Waals surface area (Å²) in [5.41, 5.74) is 5.18. The molecule has 0 spiro atoms. The maximum Gasteiger partial charge on any atom is 0.237 e. The number of nitrogens with one attached hydrogen (secondary N) is 1. The van der Waals surface area contributed by atoms with Crippen LogP contribution in [0.25, 0.3) is 0 Å². The Morgan fingerprint density at radius 3 is 2.67 bits per heavy atom. The highest BCUT2D eigenvalue weighted by Crippen LogP contribution is 2.15. The second-order valence-electron chi connectivity index (χ2n) is 5.53. The normalized spacial score (nSPS) is 19.2. The Kier molecular flexibility index (Phi) is 6.12. The standard InChI is InChI=1S/C13H25N3O2/c1-10(2)8-16(9-12(14)17)13(18)4-3-11-5-6-15-7-11/h10-11,15H,3-9H2,1-2H3,(H2,14,17). The first-order valence-electron chi connectivity index (χ1n) is 6.75. The van der Waals surface area contributed by atoms with Crippen molar-refractivity contribution in [3.05, 3.63) is 0 Å². The van der Waals surface area contributed by atoms with Crippen LogP contribution in [0.1, 0.15) is 33.1 Å². The molecule has 1 heterocycles. The van der Waals surface area contributed by atoms with Crippen LogP contribution < -0.4 is 11.1 Å². The van der Waals surface area contributed by atoms with E-state index in [4.69, 9.17) is 5.73 Å². The molecule has 5 heteroatoms. The molecule has 1 rings (SSSR count). The Morgan fingerprint density at radius 1 is 1.44 bits per heavy atom. The van der Waals surface area contributed by atoms with Crippen LogP contribution in [0.4, 0.5) is 0 Å². The molecule has 0 aliphatic carbocycles. The maximum absolute atomic E-state index is 12.1. The third-order valence-corrected chi connectivity index (χ3v) is 3.21. The molecule has 1 unspecified atom stereocenters. The van der Waals surface area contributed by atoms with Crippen LogP contribution in [0.3, 0.4) is 0 Å². The van der Waals surface area contributed by atoms with E-state index in [-0.39, 0.29) is 12.5 Å². The zero-order chi connectivity index (χ0) is 13.5. The minimum Gasteiger partial charge on any atom is -0.368 e. The molecule has 1 aliphatic heterocycles. The average molecular weight is 255 g/mol. The summed E-state index contributed by atoms with van der Waals surface area (Å²) in [4.78, 5) is 24.6. The van der Waals surface area contributed by atoms with Crippen molar-refractivity contribution in [1.82, 2.24) is 10.2 Å². The van der Waals surface area contributed by atoms with Crippen LogP contribution in [-0.2, 0) is 9.59 Å². The minimum atomic E-state index is -0.438. The molecule has 1 atom stereocenters. The van der Waals surface area contributed by atoms with Gasteiger partial charge in [-0.25, -0.2) is 0 Å². The van der Waals surface area contributed by atoms with Crippen LogP contribution in [0.2, 0.25) is 0 Å². The number of primary amides is 1. The first kappa shape index (κ1) is 15.0. The lowest BCUT2D eigenvalue weighted by atomic mass is 10.0. The third-order valence-electron chi connectivity index (χ3n) is 3.21. The SMILES string of the molecule is CC(C)CN(CC(N)=O)C(=O)CCC1CCNC1. The molecule has 1 aliphatic rings. The van der Waals surface area contributed by atoms with Gasteiger partial charge in [0, 0.05) is 13.0 Å². The Balaban J connectivity index is 2.39. The monoisotopic (exact) mass is 255 g/mol. The van der Waals surface area contributed by atoms with Gasteiger partial charge in [0.25, 0.3) is 0 Å². The zero-order valence-corrected chi connectivity index (χ0v) is 11.4. The summed E-state index contributed by atoms with van der Waals surface area (Å²) >= 11 is 0. The molecule has 18 heavy (non-hydrogen) atoms. The van der Waals surface area contributed by atoms with E-state index >= 15 is 0 Å². The number of carbonyl (C=O) groups is 2. The molecule has 5 nitrogen and oxygen atoms in total. The Bertz CT molecular complexity index is 286. The smallest absolute Gasteiger partial charge is 0.237 e. The highest BCUT2D eigenvalue weighted by atomic mass is 16.2. The van der Waals surface area contributed by atoms with Crippen molar-refractivity contribution in [1.29, 1.82) is 0 Å². The minimum absolute atomic E-state index is 0.0416. The molecule has 2 amide bonds. The maximum atomic E-state index is 12.1. The highest BCUT2D eigenvalue weighted by molar-refractivity contribution is 5.83. The molecule has 3 N–H and O–H groups in total. The Hall–Kier alpha value is -1.10.